The Morgan fingerprint density at radius 2 is 1.72 bits per heavy atom. The lowest BCUT2D eigenvalue weighted by Crippen LogP contribution is -2.12. The van der Waals surface area contributed by atoms with Gasteiger partial charge in [0.15, 0.2) is 11.5 Å². The van der Waals surface area contributed by atoms with Gasteiger partial charge in [0.1, 0.15) is 5.75 Å². The molecule has 2 aromatic rings. The van der Waals surface area contributed by atoms with E-state index >= 15 is 0 Å². The number of allylic oxidation sites excluding steroid dienone is 2. The van der Waals surface area contributed by atoms with Gasteiger partial charge in [-0.2, -0.15) is 0 Å². The quantitative estimate of drug-likeness (QED) is 0.803. The van der Waals surface area contributed by atoms with Crippen LogP contribution in [0.2, 0.25) is 0 Å². The second kappa shape index (κ2) is 7.11. The number of Topliss-reactive ketones (excluding diaryl/α,β-unsaturated/α-hetero) is 1. The summed E-state index contributed by atoms with van der Waals surface area (Å²) >= 11 is 1.44. The number of thioether (sulfide) groups is 1. The van der Waals surface area contributed by atoms with E-state index in [1.807, 2.05) is 25.1 Å². The number of hydrogen-bond donors (Lipinski definition) is 1. The van der Waals surface area contributed by atoms with Gasteiger partial charge in [-0.1, -0.05) is 11.8 Å². The minimum absolute atomic E-state index is 0.0653. The normalized spacial score (nSPS) is 13.0. The highest BCUT2D eigenvalue weighted by molar-refractivity contribution is 8.04. The molecule has 1 N–H and O–H groups in total. The van der Waals surface area contributed by atoms with Crippen LogP contribution in [0.5, 0.6) is 17.2 Å². The number of fused-ring (bicyclic) bond motifs is 1. The second-order valence-corrected chi connectivity index (χ2v) is 6.49. The number of carbonyl (C=O) groups excluding carboxylic acids is 1. The third-order valence-electron chi connectivity index (χ3n) is 3.92. The third-order valence-corrected chi connectivity index (χ3v) is 5.17. The van der Waals surface area contributed by atoms with Gasteiger partial charge in [0.25, 0.3) is 0 Å². The summed E-state index contributed by atoms with van der Waals surface area (Å²) in [6.07, 6.45) is 0. The van der Waals surface area contributed by atoms with E-state index in [4.69, 9.17) is 14.2 Å². The van der Waals surface area contributed by atoms with E-state index in [9.17, 15) is 4.79 Å². The van der Waals surface area contributed by atoms with Crippen LogP contribution in [-0.4, -0.2) is 27.1 Å². The topological polar surface area (TPSA) is 56.8 Å². The molecule has 0 fully saturated rings. The van der Waals surface area contributed by atoms with Crippen molar-refractivity contribution < 1.29 is 19.0 Å². The summed E-state index contributed by atoms with van der Waals surface area (Å²) in [5.41, 5.74) is 2.34. The lowest BCUT2D eigenvalue weighted by molar-refractivity contribution is 0.104. The molecule has 0 unspecified atom stereocenters. The monoisotopic (exact) mass is 357 g/mol. The van der Waals surface area contributed by atoms with E-state index in [0.717, 1.165) is 22.0 Å². The van der Waals surface area contributed by atoms with Crippen LogP contribution in [0.25, 0.3) is 0 Å². The van der Waals surface area contributed by atoms with Crippen molar-refractivity contribution in [1.82, 2.24) is 0 Å². The molecular formula is C19H19NO4S. The maximum absolute atomic E-state index is 13.0. The summed E-state index contributed by atoms with van der Waals surface area (Å²) < 4.78 is 15.8. The highest BCUT2D eigenvalue weighted by Crippen LogP contribution is 2.43. The van der Waals surface area contributed by atoms with Crippen LogP contribution in [0, 0.1) is 0 Å². The Bertz CT molecular complexity index is 860. The number of methoxy groups -OCH3 is 3. The molecule has 0 bridgehead atoms. The SMILES string of the molecule is COc1ccc2c(c1)SC(C(=O)c1ccc(OC)c(OC)c1)=C(C)N2. The number of ketones is 1. The van der Waals surface area contributed by atoms with Gasteiger partial charge in [-0.05, 0) is 43.3 Å². The van der Waals surface area contributed by atoms with Crippen molar-refractivity contribution in [3.63, 3.8) is 0 Å². The van der Waals surface area contributed by atoms with Crippen molar-refractivity contribution in [2.24, 2.45) is 0 Å². The minimum Gasteiger partial charge on any atom is -0.497 e. The summed E-state index contributed by atoms with van der Waals surface area (Å²) in [6.45, 7) is 1.90. The number of hydrogen-bond acceptors (Lipinski definition) is 6. The second-order valence-electron chi connectivity index (χ2n) is 5.44. The Hall–Kier alpha value is -2.60. The van der Waals surface area contributed by atoms with E-state index in [0.29, 0.717) is 22.0 Å². The zero-order valence-electron chi connectivity index (χ0n) is 14.5. The molecule has 6 heteroatoms. The molecule has 0 aliphatic carbocycles. The zero-order valence-corrected chi connectivity index (χ0v) is 15.3. The predicted molar refractivity (Wildman–Crippen MR) is 99.1 cm³/mol. The highest BCUT2D eigenvalue weighted by Gasteiger charge is 2.24. The fraction of sp³-hybridized carbons (Fsp3) is 0.211. The van der Waals surface area contributed by atoms with Gasteiger partial charge >= 0.3 is 0 Å². The average Bonchev–Trinajstić information content (AvgIpc) is 2.65. The Morgan fingerprint density at radius 1 is 0.960 bits per heavy atom. The van der Waals surface area contributed by atoms with Crippen molar-refractivity contribution in [2.45, 2.75) is 11.8 Å². The molecule has 0 radical (unpaired) electrons. The smallest absolute Gasteiger partial charge is 0.201 e. The molecule has 1 aliphatic rings. The molecule has 0 saturated carbocycles. The molecule has 0 amide bonds. The minimum atomic E-state index is -0.0653. The first kappa shape index (κ1) is 17.2. The first-order chi connectivity index (χ1) is 12.1. The van der Waals surface area contributed by atoms with Crippen LogP contribution in [0.15, 0.2) is 51.9 Å². The van der Waals surface area contributed by atoms with Gasteiger partial charge in [0.05, 0.1) is 31.9 Å². The summed E-state index contributed by atoms with van der Waals surface area (Å²) in [6, 6.07) is 10.9. The van der Waals surface area contributed by atoms with Crippen LogP contribution in [0.3, 0.4) is 0 Å². The van der Waals surface area contributed by atoms with E-state index in [1.165, 1.54) is 11.8 Å². The molecule has 5 nitrogen and oxygen atoms in total. The van der Waals surface area contributed by atoms with Crippen molar-refractivity contribution in [3.05, 3.63) is 52.6 Å². The van der Waals surface area contributed by atoms with Crippen LogP contribution >= 0.6 is 11.8 Å². The van der Waals surface area contributed by atoms with Crippen molar-refractivity contribution in [2.75, 3.05) is 26.6 Å². The number of anilines is 1. The maximum Gasteiger partial charge on any atom is 0.201 e. The molecular weight excluding hydrogens is 338 g/mol. The van der Waals surface area contributed by atoms with Gasteiger partial charge in [0.2, 0.25) is 5.78 Å². The van der Waals surface area contributed by atoms with Crippen LogP contribution in [0.4, 0.5) is 5.69 Å². The fourth-order valence-electron chi connectivity index (χ4n) is 2.59. The van der Waals surface area contributed by atoms with Gasteiger partial charge in [-0.25, -0.2) is 0 Å². The largest absolute Gasteiger partial charge is 0.497 e. The van der Waals surface area contributed by atoms with Crippen molar-refractivity contribution in [3.8, 4) is 17.2 Å². The summed E-state index contributed by atoms with van der Waals surface area (Å²) in [4.78, 5) is 14.6. The van der Waals surface area contributed by atoms with Gasteiger partial charge in [0, 0.05) is 16.2 Å². The lowest BCUT2D eigenvalue weighted by Gasteiger charge is -2.22. The van der Waals surface area contributed by atoms with E-state index in [-0.39, 0.29) is 5.78 Å². The van der Waals surface area contributed by atoms with Gasteiger partial charge in [-0.3, -0.25) is 4.79 Å². The summed E-state index contributed by atoms with van der Waals surface area (Å²) in [5, 5.41) is 3.29. The van der Waals surface area contributed by atoms with Crippen molar-refractivity contribution in [1.29, 1.82) is 0 Å². The van der Waals surface area contributed by atoms with E-state index in [2.05, 4.69) is 5.32 Å². The first-order valence-electron chi connectivity index (χ1n) is 7.68. The molecule has 0 aromatic heterocycles. The highest BCUT2D eigenvalue weighted by atomic mass is 32.2. The number of rotatable bonds is 5. The Labute approximate surface area is 151 Å². The number of carbonyl (C=O) groups is 1. The predicted octanol–water partition coefficient (Wildman–Crippen LogP) is 4.34. The molecule has 0 saturated heterocycles. The number of nitrogens with one attached hydrogen (secondary N) is 1. The Morgan fingerprint density at radius 3 is 2.40 bits per heavy atom. The molecule has 3 rings (SSSR count). The molecule has 1 heterocycles. The van der Waals surface area contributed by atoms with Crippen molar-refractivity contribution >= 4 is 23.2 Å². The Kier molecular flexibility index (Phi) is 4.90. The van der Waals surface area contributed by atoms with E-state index < -0.39 is 0 Å². The van der Waals surface area contributed by atoms with Crippen LogP contribution in [-0.2, 0) is 0 Å². The Balaban J connectivity index is 1.94. The molecule has 1 aliphatic heterocycles. The first-order valence-corrected chi connectivity index (χ1v) is 8.49. The van der Waals surface area contributed by atoms with Crippen LogP contribution in [0.1, 0.15) is 17.3 Å². The fourth-order valence-corrected chi connectivity index (χ4v) is 3.63. The summed E-state index contributed by atoms with van der Waals surface area (Å²) in [5.74, 6) is 1.81. The lowest BCUT2D eigenvalue weighted by atomic mass is 10.1. The van der Waals surface area contributed by atoms with Crippen LogP contribution < -0.4 is 19.5 Å². The summed E-state index contributed by atoms with van der Waals surface area (Å²) in [7, 11) is 4.74. The average molecular weight is 357 g/mol. The standard InChI is InChI=1S/C19H19NO4S/c1-11-19(25-17-10-13(22-2)6-7-14(17)20-11)18(21)12-5-8-15(23-3)16(9-12)24-4/h5-10,20H,1-4H3. The number of benzene rings is 2. The maximum atomic E-state index is 13.0. The molecule has 0 spiro atoms. The zero-order chi connectivity index (χ0) is 18.0. The van der Waals surface area contributed by atoms with E-state index in [1.54, 1.807) is 39.5 Å². The molecule has 2 aromatic carbocycles. The van der Waals surface area contributed by atoms with Gasteiger partial charge < -0.3 is 19.5 Å². The van der Waals surface area contributed by atoms with Gasteiger partial charge in [-0.15, -0.1) is 0 Å². The number of ether oxygens (including phenoxy) is 3. The third kappa shape index (κ3) is 3.30. The molecule has 0 atom stereocenters. The molecule has 130 valence electrons. The molecule has 25 heavy (non-hydrogen) atoms.